The largest absolute Gasteiger partial charge is 0.387 e. The molecule has 0 bridgehead atoms. The van der Waals surface area contributed by atoms with Crippen LogP contribution in [0.25, 0.3) is 5.57 Å². The SMILES string of the molecule is CCN(CC)CCN1CCN(c2ccc(C(=O)Nc3cc(C4=CCNC=C4)c[nH]c3=O)cc2)CC1. The molecule has 0 spiro atoms. The summed E-state index contributed by atoms with van der Waals surface area (Å²) in [6.07, 6.45) is 7.50. The molecule has 2 aromatic rings. The first kappa shape index (κ1) is 24.8. The van der Waals surface area contributed by atoms with E-state index in [4.69, 9.17) is 0 Å². The quantitative estimate of drug-likeness (QED) is 0.516. The summed E-state index contributed by atoms with van der Waals surface area (Å²) >= 11 is 0. The van der Waals surface area contributed by atoms with Crippen LogP contribution in [0.2, 0.25) is 0 Å². The van der Waals surface area contributed by atoms with Gasteiger partial charge in [-0.3, -0.25) is 14.5 Å². The lowest BCUT2D eigenvalue weighted by molar-refractivity contribution is 0.102. The van der Waals surface area contributed by atoms with Gasteiger partial charge in [-0.05, 0) is 66.8 Å². The zero-order valence-corrected chi connectivity index (χ0v) is 20.7. The van der Waals surface area contributed by atoms with Crippen molar-refractivity contribution in [3.8, 4) is 0 Å². The van der Waals surface area contributed by atoms with Crippen molar-refractivity contribution in [2.75, 3.05) is 69.1 Å². The van der Waals surface area contributed by atoms with Crippen molar-refractivity contribution in [3.63, 3.8) is 0 Å². The summed E-state index contributed by atoms with van der Waals surface area (Å²) < 4.78 is 0. The number of carbonyl (C=O) groups excluding carboxylic acids is 1. The number of dihydropyridines is 1. The lowest BCUT2D eigenvalue weighted by Gasteiger charge is -2.37. The maximum atomic E-state index is 12.8. The molecule has 1 aromatic carbocycles. The number of nitrogens with one attached hydrogen (secondary N) is 3. The fourth-order valence-corrected chi connectivity index (χ4v) is 4.48. The van der Waals surface area contributed by atoms with Crippen molar-refractivity contribution in [1.82, 2.24) is 20.1 Å². The van der Waals surface area contributed by atoms with Crippen LogP contribution in [0.1, 0.15) is 29.8 Å². The lowest BCUT2D eigenvalue weighted by atomic mass is 10.1. The van der Waals surface area contributed by atoms with E-state index in [9.17, 15) is 9.59 Å². The molecule has 2 aliphatic heterocycles. The summed E-state index contributed by atoms with van der Waals surface area (Å²) in [6.45, 7) is 13.6. The molecule has 0 atom stereocenters. The van der Waals surface area contributed by atoms with Crippen molar-refractivity contribution in [3.05, 3.63) is 76.4 Å². The van der Waals surface area contributed by atoms with Crippen LogP contribution in [0, 0.1) is 0 Å². The van der Waals surface area contributed by atoms with Crippen LogP contribution in [-0.2, 0) is 0 Å². The van der Waals surface area contributed by atoms with Crippen molar-refractivity contribution >= 4 is 22.9 Å². The Morgan fingerprint density at radius 3 is 2.49 bits per heavy atom. The van der Waals surface area contributed by atoms with Gasteiger partial charge in [-0.2, -0.15) is 0 Å². The number of allylic oxidation sites excluding steroid dienone is 2. The van der Waals surface area contributed by atoms with Gasteiger partial charge in [0.05, 0.1) is 0 Å². The van der Waals surface area contributed by atoms with E-state index in [1.165, 1.54) is 0 Å². The number of benzene rings is 1. The van der Waals surface area contributed by atoms with E-state index in [2.05, 4.69) is 44.2 Å². The number of amides is 1. The molecule has 0 unspecified atom stereocenters. The Morgan fingerprint density at radius 2 is 1.83 bits per heavy atom. The minimum Gasteiger partial charge on any atom is -0.387 e. The highest BCUT2D eigenvalue weighted by Gasteiger charge is 2.18. The third kappa shape index (κ3) is 6.41. The molecule has 3 heterocycles. The Morgan fingerprint density at radius 1 is 1.09 bits per heavy atom. The van der Waals surface area contributed by atoms with E-state index in [1.54, 1.807) is 12.3 Å². The number of aromatic amines is 1. The standard InChI is InChI=1S/C27H36N6O2/c1-3-31(4-2)13-14-32-15-17-33(18-16-32)24-7-5-22(6-8-24)26(34)30-25-19-23(20-29-27(25)35)21-9-11-28-12-10-21/h5-11,19-20,28H,3-4,12-18H2,1-2H3,(H,29,35)(H,30,34). The minimum absolute atomic E-state index is 0.241. The van der Waals surface area contributed by atoms with Gasteiger partial charge >= 0.3 is 0 Å². The summed E-state index contributed by atoms with van der Waals surface area (Å²) in [6, 6.07) is 9.35. The summed E-state index contributed by atoms with van der Waals surface area (Å²) in [5.74, 6) is -0.296. The molecule has 4 rings (SSSR count). The molecule has 2 aliphatic rings. The molecule has 8 nitrogen and oxygen atoms in total. The number of nitrogens with zero attached hydrogens (tertiary/aromatic N) is 3. The predicted molar refractivity (Wildman–Crippen MR) is 143 cm³/mol. The van der Waals surface area contributed by atoms with Gasteiger partial charge in [0.1, 0.15) is 5.69 Å². The van der Waals surface area contributed by atoms with Gasteiger partial charge in [-0.25, -0.2) is 0 Å². The molecule has 0 saturated carbocycles. The maximum absolute atomic E-state index is 12.8. The second kappa shape index (κ2) is 11.9. The number of H-pyrrole nitrogens is 1. The summed E-state index contributed by atoms with van der Waals surface area (Å²) in [7, 11) is 0. The molecule has 35 heavy (non-hydrogen) atoms. The first-order valence-corrected chi connectivity index (χ1v) is 12.5. The van der Waals surface area contributed by atoms with Crippen LogP contribution in [-0.4, -0.2) is 79.6 Å². The number of anilines is 2. The average molecular weight is 477 g/mol. The van der Waals surface area contributed by atoms with Gasteiger partial charge in [0.25, 0.3) is 11.5 Å². The van der Waals surface area contributed by atoms with Crippen molar-refractivity contribution in [2.45, 2.75) is 13.8 Å². The summed E-state index contributed by atoms with van der Waals surface area (Å²) in [5.41, 5.74) is 3.41. The number of rotatable bonds is 9. The molecular formula is C27H36N6O2. The topological polar surface area (TPSA) is 83.7 Å². The number of hydrogen-bond acceptors (Lipinski definition) is 6. The number of hydrogen-bond donors (Lipinski definition) is 3. The van der Waals surface area contributed by atoms with Crippen LogP contribution >= 0.6 is 0 Å². The molecule has 0 radical (unpaired) electrons. The van der Waals surface area contributed by atoms with Crippen LogP contribution in [0.3, 0.4) is 0 Å². The van der Waals surface area contributed by atoms with E-state index in [-0.39, 0.29) is 17.2 Å². The Kier molecular flexibility index (Phi) is 8.39. The predicted octanol–water partition coefficient (Wildman–Crippen LogP) is 2.59. The van der Waals surface area contributed by atoms with E-state index in [0.717, 1.165) is 75.7 Å². The minimum atomic E-state index is -0.323. The smallest absolute Gasteiger partial charge is 0.271 e. The molecule has 8 heteroatoms. The van der Waals surface area contributed by atoms with Crippen molar-refractivity contribution in [2.24, 2.45) is 0 Å². The third-order valence-corrected chi connectivity index (χ3v) is 6.80. The molecule has 0 aliphatic carbocycles. The highest BCUT2D eigenvalue weighted by molar-refractivity contribution is 6.04. The zero-order chi connectivity index (χ0) is 24.6. The van der Waals surface area contributed by atoms with Gasteiger partial charge in [-0.15, -0.1) is 0 Å². The van der Waals surface area contributed by atoms with E-state index < -0.39 is 0 Å². The molecule has 1 saturated heterocycles. The second-order valence-corrected chi connectivity index (χ2v) is 8.89. The second-order valence-electron chi connectivity index (χ2n) is 8.89. The molecule has 1 aromatic heterocycles. The van der Waals surface area contributed by atoms with Gasteiger partial charge in [-0.1, -0.05) is 19.9 Å². The summed E-state index contributed by atoms with van der Waals surface area (Å²) in [5, 5.41) is 5.87. The first-order valence-electron chi connectivity index (χ1n) is 12.5. The van der Waals surface area contributed by atoms with Crippen LogP contribution in [0.15, 0.2) is 59.7 Å². The highest BCUT2D eigenvalue weighted by atomic mass is 16.2. The maximum Gasteiger partial charge on any atom is 0.271 e. The van der Waals surface area contributed by atoms with E-state index in [1.807, 2.05) is 42.6 Å². The normalized spacial score (nSPS) is 16.2. The van der Waals surface area contributed by atoms with Gasteiger partial charge in [0.2, 0.25) is 0 Å². The zero-order valence-electron chi connectivity index (χ0n) is 20.7. The van der Waals surface area contributed by atoms with Crippen molar-refractivity contribution < 1.29 is 4.79 Å². The monoisotopic (exact) mass is 476 g/mol. The Balaban J connectivity index is 1.33. The Hall–Kier alpha value is -3.36. The first-order chi connectivity index (χ1) is 17.1. The molecule has 186 valence electrons. The molecule has 1 amide bonds. The number of likely N-dealkylation sites (N-methyl/N-ethyl adjacent to an activating group) is 1. The number of pyridine rings is 1. The third-order valence-electron chi connectivity index (χ3n) is 6.80. The average Bonchev–Trinajstić information content (AvgIpc) is 2.91. The van der Waals surface area contributed by atoms with E-state index >= 15 is 0 Å². The number of carbonyl (C=O) groups is 1. The van der Waals surface area contributed by atoms with Gasteiger partial charge < -0.3 is 25.4 Å². The molecular weight excluding hydrogens is 440 g/mol. The highest BCUT2D eigenvalue weighted by Crippen LogP contribution is 2.20. The van der Waals surface area contributed by atoms with Crippen molar-refractivity contribution in [1.29, 1.82) is 0 Å². The summed E-state index contributed by atoms with van der Waals surface area (Å²) in [4.78, 5) is 35.2. The van der Waals surface area contributed by atoms with Crippen LogP contribution < -0.4 is 21.1 Å². The molecule has 3 N–H and O–H groups in total. The lowest BCUT2D eigenvalue weighted by Crippen LogP contribution is -2.48. The number of aromatic nitrogens is 1. The van der Waals surface area contributed by atoms with Gasteiger partial charge in [0, 0.05) is 63.3 Å². The van der Waals surface area contributed by atoms with E-state index in [0.29, 0.717) is 5.56 Å². The Labute approximate surface area is 207 Å². The fourth-order valence-electron chi connectivity index (χ4n) is 4.48. The van der Waals surface area contributed by atoms with Crippen LogP contribution in [0.4, 0.5) is 11.4 Å². The van der Waals surface area contributed by atoms with Gasteiger partial charge in [0.15, 0.2) is 0 Å². The number of piperazine rings is 1. The Bertz CT molecular complexity index is 1110. The van der Waals surface area contributed by atoms with Crippen LogP contribution in [0.5, 0.6) is 0 Å². The molecule has 1 fully saturated rings. The fraction of sp³-hybridized carbons (Fsp3) is 0.407.